The van der Waals surface area contributed by atoms with Crippen LogP contribution < -0.4 is 15.0 Å². The van der Waals surface area contributed by atoms with Crippen molar-refractivity contribution in [2.24, 2.45) is 0 Å². The topological polar surface area (TPSA) is 65.4 Å². The number of nitrogens with one attached hydrogen (secondary N) is 1. The van der Waals surface area contributed by atoms with Crippen LogP contribution in [-0.2, 0) is 4.79 Å². The molecular formula is C13H14BrN3O2. The first-order chi connectivity index (χ1) is 9.10. The number of carbonyl (C=O) groups is 1. The fourth-order valence-electron chi connectivity index (χ4n) is 2.02. The summed E-state index contributed by atoms with van der Waals surface area (Å²) in [5.74, 6) is 0.608. The normalized spacial score (nSPS) is 17.1. The highest BCUT2D eigenvalue weighted by Gasteiger charge is 2.24. The number of anilines is 1. The first-order valence-electron chi connectivity index (χ1n) is 5.95. The van der Waals surface area contributed by atoms with Crippen LogP contribution in [0.25, 0.3) is 0 Å². The van der Waals surface area contributed by atoms with Gasteiger partial charge < -0.3 is 15.0 Å². The molecule has 0 aliphatic carbocycles. The zero-order chi connectivity index (χ0) is 13.8. The van der Waals surface area contributed by atoms with Gasteiger partial charge in [-0.1, -0.05) is 15.9 Å². The van der Waals surface area contributed by atoms with Crippen LogP contribution in [0.2, 0.25) is 0 Å². The summed E-state index contributed by atoms with van der Waals surface area (Å²) in [5, 5.41) is 11.0. The number of benzene rings is 1. The van der Waals surface area contributed by atoms with Crippen molar-refractivity contribution in [1.29, 1.82) is 5.26 Å². The first kappa shape index (κ1) is 13.7. The van der Waals surface area contributed by atoms with Crippen LogP contribution in [0, 0.1) is 11.3 Å². The predicted octanol–water partition coefficient (Wildman–Crippen LogP) is 1.68. The van der Waals surface area contributed by atoms with Gasteiger partial charge in [-0.05, 0) is 25.1 Å². The second-order valence-electron chi connectivity index (χ2n) is 4.36. The number of rotatable bonds is 3. The summed E-state index contributed by atoms with van der Waals surface area (Å²) in [6.07, 6.45) is 0.0254. The smallest absolute Gasteiger partial charge is 0.240 e. The summed E-state index contributed by atoms with van der Waals surface area (Å²) in [6, 6.07) is 7.61. The molecule has 0 saturated heterocycles. The lowest BCUT2D eigenvalue weighted by atomic mass is 10.2. The lowest BCUT2D eigenvalue weighted by molar-refractivity contribution is -0.119. The minimum Gasteiger partial charge on any atom is -0.487 e. The summed E-state index contributed by atoms with van der Waals surface area (Å²) >= 11 is 3.42. The van der Waals surface area contributed by atoms with E-state index >= 15 is 0 Å². The highest BCUT2D eigenvalue weighted by atomic mass is 79.9. The van der Waals surface area contributed by atoms with Gasteiger partial charge in [-0.3, -0.25) is 4.79 Å². The van der Waals surface area contributed by atoms with Crippen LogP contribution in [0.5, 0.6) is 5.75 Å². The highest BCUT2D eigenvalue weighted by Crippen LogP contribution is 2.35. The molecule has 1 aromatic carbocycles. The molecule has 100 valence electrons. The maximum absolute atomic E-state index is 11.7. The molecule has 1 atom stereocenters. The minimum absolute atomic E-state index is 0.0254. The predicted molar refractivity (Wildman–Crippen MR) is 75.1 cm³/mol. The number of halogens is 1. The Hall–Kier alpha value is -1.74. The Morgan fingerprint density at radius 3 is 3.21 bits per heavy atom. The standard InChI is InChI=1S/C13H14BrN3O2/c1-9-7-17(8-13(18)16-5-4-15)11-6-10(14)2-3-12(11)19-9/h2-3,6,9H,5,7-8H2,1H3,(H,16,18)/t9-/m1/s1. The number of nitriles is 1. The van der Waals surface area contributed by atoms with Crippen molar-refractivity contribution in [1.82, 2.24) is 5.32 Å². The van der Waals surface area contributed by atoms with E-state index in [1.807, 2.05) is 36.1 Å². The van der Waals surface area contributed by atoms with Crippen molar-refractivity contribution in [3.8, 4) is 11.8 Å². The van der Waals surface area contributed by atoms with Crippen molar-refractivity contribution in [3.05, 3.63) is 22.7 Å². The van der Waals surface area contributed by atoms with Crippen LogP contribution >= 0.6 is 15.9 Å². The van der Waals surface area contributed by atoms with Crippen LogP contribution in [0.3, 0.4) is 0 Å². The van der Waals surface area contributed by atoms with Gasteiger partial charge in [0, 0.05) is 4.47 Å². The van der Waals surface area contributed by atoms with E-state index in [0.717, 1.165) is 15.9 Å². The van der Waals surface area contributed by atoms with Gasteiger partial charge in [0.15, 0.2) is 0 Å². The van der Waals surface area contributed by atoms with Crippen LogP contribution in [-0.4, -0.2) is 31.6 Å². The molecule has 1 aromatic rings. The third kappa shape index (κ3) is 3.38. The van der Waals surface area contributed by atoms with Gasteiger partial charge in [-0.25, -0.2) is 0 Å². The SMILES string of the molecule is C[C@@H]1CN(CC(=O)NCC#N)c2cc(Br)ccc2O1. The zero-order valence-corrected chi connectivity index (χ0v) is 12.1. The molecule has 19 heavy (non-hydrogen) atoms. The summed E-state index contributed by atoms with van der Waals surface area (Å²) < 4.78 is 6.67. The average molecular weight is 324 g/mol. The second-order valence-corrected chi connectivity index (χ2v) is 5.27. The summed E-state index contributed by atoms with van der Waals surface area (Å²) in [7, 11) is 0. The van der Waals surface area contributed by atoms with E-state index < -0.39 is 0 Å². The molecule has 1 heterocycles. The van der Waals surface area contributed by atoms with E-state index in [1.54, 1.807) is 0 Å². The number of carbonyl (C=O) groups excluding carboxylic acids is 1. The molecule has 0 unspecified atom stereocenters. The van der Waals surface area contributed by atoms with Gasteiger partial charge in [-0.15, -0.1) is 0 Å². The summed E-state index contributed by atoms with van der Waals surface area (Å²) in [6.45, 7) is 2.86. The Morgan fingerprint density at radius 2 is 2.47 bits per heavy atom. The molecule has 0 radical (unpaired) electrons. The minimum atomic E-state index is -0.165. The Balaban J connectivity index is 2.16. The maximum atomic E-state index is 11.7. The molecule has 1 aliphatic heterocycles. The highest BCUT2D eigenvalue weighted by molar-refractivity contribution is 9.10. The summed E-state index contributed by atoms with van der Waals surface area (Å²) in [4.78, 5) is 13.7. The third-order valence-corrected chi connectivity index (χ3v) is 3.26. The van der Waals surface area contributed by atoms with Crippen molar-refractivity contribution < 1.29 is 9.53 Å². The fraction of sp³-hybridized carbons (Fsp3) is 0.385. The van der Waals surface area contributed by atoms with Crippen molar-refractivity contribution >= 4 is 27.5 Å². The number of nitrogens with zero attached hydrogens (tertiary/aromatic N) is 2. The Morgan fingerprint density at radius 1 is 1.68 bits per heavy atom. The third-order valence-electron chi connectivity index (χ3n) is 2.77. The van der Waals surface area contributed by atoms with Crippen molar-refractivity contribution in [2.45, 2.75) is 13.0 Å². The van der Waals surface area contributed by atoms with Gasteiger partial charge in [0.1, 0.15) is 18.4 Å². The number of amides is 1. The zero-order valence-electron chi connectivity index (χ0n) is 10.5. The van der Waals surface area contributed by atoms with Gasteiger partial charge in [0.2, 0.25) is 5.91 Å². The quantitative estimate of drug-likeness (QED) is 0.859. The van der Waals surface area contributed by atoms with E-state index in [2.05, 4.69) is 21.2 Å². The molecule has 2 rings (SSSR count). The first-order valence-corrected chi connectivity index (χ1v) is 6.74. The number of fused-ring (bicyclic) bond motifs is 1. The van der Waals surface area contributed by atoms with Crippen LogP contribution in [0.15, 0.2) is 22.7 Å². The molecule has 0 aromatic heterocycles. The Labute approximate surface area is 120 Å². The van der Waals surface area contributed by atoms with E-state index in [-0.39, 0.29) is 25.1 Å². The molecule has 1 N–H and O–H groups in total. The molecule has 5 nitrogen and oxygen atoms in total. The number of hydrogen-bond donors (Lipinski definition) is 1. The van der Waals surface area contributed by atoms with E-state index in [1.165, 1.54) is 0 Å². The van der Waals surface area contributed by atoms with Gasteiger partial charge in [0.25, 0.3) is 0 Å². The maximum Gasteiger partial charge on any atom is 0.240 e. The second kappa shape index (κ2) is 5.93. The molecular weight excluding hydrogens is 310 g/mol. The van der Waals surface area contributed by atoms with Gasteiger partial charge >= 0.3 is 0 Å². The van der Waals surface area contributed by atoms with E-state index in [4.69, 9.17) is 10.00 Å². The van der Waals surface area contributed by atoms with Gasteiger partial charge in [-0.2, -0.15) is 5.26 Å². The lowest BCUT2D eigenvalue weighted by Crippen LogP contribution is -2.44. The molecule has 0 fully saturated rings. The molecule has 1 aliphatic rings. The molecule has 1 amide bonds. The number of hydrogen-bond acceptors (Lipinski definition) is 4. The average Bonchev–Trinajstić information content (AvgIpc) is 2.37. The molecule has 0 bridgehead atoms. The van der Waals surface area contributed by atoms with Crippen molar-refractivity contribution in [2.75, 3.05) is 24.5 Å². The van der Waals surface area contributed by atoms with Crippen molar-refractivity contribution in [3.63, 3.8) is 0 Å². The Bertz CT molecular complexity index is 527. The fourth-order valence-corrected chi connectivity index (χ4v) is 2.37. The molecule has 6 heteroatoms. The lowest BCUT2D eigenvalue weighted by Gasteiger charge is -2.34. The van der Waals surface area contributed by atoms with E-state index in [9.17, 15) is 4.79 Å². The molecule has 0 spiro atoms. The molecule has 0 saturated carbocycles. The number of ether oxygens (including phenoxy) is 1. The monoisotopic (exact) mass is 323 g/mol. The van der Waals surface area contributed by atoms with Crippen LogP contribution in [0.4, 0.5) is 5.69 Å². The summed E-state index contributed by atoms with van der Waals surface area (Å²) in [5.41, 5.74) is 0.889. The van der Waals surface area contributed by atoms with E-state index in [0.29, 0.717) is 6.54 Å². The largest absolute Gasteiger partial charge is 0.487 e. The Kier molecular flexibility index (Phi) is 4.27. The van der Waals surface area contributed by atoms with Crippen LogP contribution in [0.1, 0.15) is 6.92 Å². The van der Waals surface area contributed by atoms with Gasteiger partial charge in [0.05, 0.1) is 24.8 Å².